The van der Waals surface area contributed by atoms with Crippen LogP contribution in [0.4, 0.5) is 11.4 Å². The van der Waals surface area contributed by atoms with Crippen molar-refractivity contribution in [3.05, 3.63) is 47.9 Å². The molecule has 0 unspecified atom stereocenters. The predicted octanol–water partition coefficient (Wildman–Crippen LogP) is 2.85. The lowest BCUT2D eigenvalue weighted by Crippen LogP contribution is -2.21. The maximum absolute atomic E-state index is 5.93. The molecule has 2 rings (SSSR count). The molecule has 17 heavy (non-hydrogen) atoms. The van der Waals surface area contributed by atoms with Gasteiger partial charge in [0.05, 0.1) is 11.4 Å². The highest BCUT2D eigenvalue weighted by molar-refractivity contribution is 5.66. The molecule has 0 radical (unpaired) electrons. The van der Waals surface area contributed by atoms with E-state index in [1.54, 1.807) is 0 Å². The molecule has 0 saturated heterocycles. The van der Waals surface area contributed by atoms with Gasteiger partial charge in [0.2, 0.25) is 0 Å². The first-order valence-corrected chi connectivity index (χ1v) is 5.78. The smallest absolute Gasteiger partial charge is 0.105 e. The highest BCUT2D eigenvalue weighted by Crippen LogP contribution is 2.21. The molecule has 1 aromatic carbocycles. The molecule has 1 aromatic heterocycles. The van der Waals surface area contributed by atoms with Gasteiger partial charge in [0.1, 0.15) is 11.5 Å². The van der Waals surface area contributed by atoms with Gasteiger partial charge >= 0.3 is 0 Å². The van der Waals surface area contributed by atoms with E-state index in [1.165, 1.54) is 0 Å². The molecule has 90 valence electrons. The number of likely N-dealkylation sites (N-methyl/N-ethyl adjacent to an activating group) is 1. The molecule has 0 aliphatic rings. The van der Waals surface area contributed by atoms with Crippen LogP contribution in [0.2, 0.25) is 0 Å². The number of hydrogen-bond acceptors (Lipinski definition) is 3. The molecular weight excluding hydrogens is 212 g/mol. The monoisotopic (exact) mass is 230 g/mol. The number of benzene rings is 1. The van der Waals surface area contributed by atoms with Crippen molar-refractivity contribution in [1.82, 2.24) is 0 Å². The number of nitrogens with zero attached hydrogens (tertiary/aromatic N) is 1. The van der Waals surface area contributed by atoms with Gasteiger partial charge in [0.15, 0.2) is 0 Å². The SMILES string of the molecule is Cc1ccc(CCN(C)c2ccccc2N)o1. The van der Waals surface area contributed by atoms with Gasteiger partial charge in [-0.05, 0) is 31.2 Å². The van der Waals surface area contributed by atoms with Crippen molar-refractivity contribution < 1.29 is 4.42 Å². The molecule has 0 bridgehead atoms. The van der Waals surface area contributed by atoms with Gasteiger partial charge < -0.3 is 15.1 Å². The van der Waals surface area contributed by atoms with Crippen molar-refractivity contribution in [3.63, 3.8) is 0 Å². The average Bonchev–Trinajstić information content (AvgIpc) is 2.73. The Morgan fingerprint density at radius 1 is 1.18 bits per heavy atom. The summed E-state index contributed by atoms with van der Waals surface area (Å²) in [6.45, 7) is 2.85. The number of nitrogen functional groups attached to an aromatic ring is 1. The standard InChI is InChI=1S/C14H18N2O/c1-11-7-8-12(17-11)9-10-16(2)14-6-4-3-5-13(14)15/h3-8H,9-10,15H2,1-2H3. The molecule has 0 spiro atoms. The second-order valence-electron chi connectivity index (χ2n) is 4.24. The summed E-state index contributed by atoms with van der Waals surface area (Å²) in [4.78, 5) is 2.15. The third kappa shape index (κ3) is 2.81. The number of aryl methyl sites for hydroxylation is 1. The van der Waals surface area contributed by atoms with Crippen molar-refractivity contribution in [2.45, 2.75) is 13.3 Å². The van der Waals surface area contributed by atoms with E-state index in [0.29, 0.717) is 0 Å². The summed E-state index contributed by atoms with van der Waals surface area (Å²) < 4.78 is 5.54. The van der Waals surface area contributed by atoms with E-state index < -0.39 is 0 Å². The molecule has 3 heteroatoms. The molecule has 1 heterocycles. The van der Waals surface area contributed by atoms with Crippen LogP contribution in [0.25, 0.3) is 0 Å². The second-order valence-corrected chi connectivity index (χ2v) is 4.24. The van der Waals surface area contributed by atoms with Crippen molar-refractivity contribution in [2.24, 2.45) is 0 Å². The van der Waals surface area contributed by atoms with Crippen LogP contribution in [0, 0.1) is 6.92 Å². The number of rotatable bonds is 4. The summed E-state index contributed by atoms with van der Waals surface area (Å²) >= 11 is 0. The van der Waals surface area contributed by atoms with Gasteiger partial charge in [0.25, 0.3) is 0 Å². The molecule has 0 aliphatic heterocycles. The summed E-state index contributed by atoms with van der Waals surface area (Å²) in [5.41, 5.74) is 7.81. The van der Waals surface area contributed by atoms with Crippen LogP contribution in [-0.2, 0) is 6.42 Å². The minimum absolute atomic E-state index is 0.811. The van der Waals surface area contributed by atoms with Crippen LogP contribution in [-0.4, -0.2) is 13.6 Å². The summed E-state index contributed by atoms with van der Waals surface area (Å²) in [5, 5.41) is 0. The van der Waals surface area contributed by atoms with Gasteiger partial charge in [-0.3, -0.25) is 0 Å². The number of nitrogens with two attached hydrogens (primary N) is 1. The molecule has 0 amide bonds. The van der Waals surface area contributed by atoms with E-state index in [2.05, 4.69) is 4.90 Å². The van der Waals surface area contributed by atoms with E-state index in [0.717, 1.165) is 35.9 Å². The first kappa shape index (κ1) is 11.6. The van der Waals surface area contributed by atoms with Crippen LogP contribution in [0.3, 0.4) is 0 Å². The zero-order chi connectivity index (χ0) is 12.3. The zero-order valence-electron chi connectivity index (χ0n) is 10.3. The Bertz CT molecular complexity index is 490. The van der Waals surface area contributed by atoms with Crippen molar-refractivity contribution in [2.75, 3.05) is 24.2 Å². The third-order valence-corrected chi connectivity index (χ3v) is 2.84. The summed E-state index contributed by atoms with van der Waals surface area (Å²) in [5.74, 6) is 1.98. The molecule has 3 nitrogen and oxygen atoms in total. The van der Waals surface area contributed by atoms with Crippen LogP contribution in [0.1, 0.15) is 11.5 Å². The largest absolute Gasteiger partial charge is 0.466 e. The number of furan rings is 1. The van der Waals surface area contributed by atoms with Crippen LogP contribution in [0.5, 0.6) is 0 Å². The van der Waals surface area contributed by atoms with Gasteiger partial charge in [-0.1, -0.05) is 12.1 Å². The number of hydrogen-bond donors (Lipinski definition) is 1. The third-order valence-electron chi connectivity index (χ3n) is 2.84. The Morgan fingerprint density at radius 3 is 2.59 bits per heavy atom. The van der Waals surface area contributed by atoms with Gasteiger partial charge in [-0.25, -0.2) is 0 Å². The highest BCUT2D eigenvalue weighted by atomic mass is 16.3. The minimum atomic E-state index is 0.811. The lowest BCUT2D eigenvalue weighted by molar-refractivity contribution is 0.483. The molecular formula is C14H18N2O. The fourth-order valence-electron chi connectivity index (χ4n) is 1.85. The Labute approximate surface area is 102 Å². The molecule has 2 aromatic rings. The van der Waals surface area contributed by atoms with Crippen molar-refractivity contribution >= 4 is 11.4 Å². The fraction of sp³-hybridized carbons (Fsp3) is 0.286. The fourth-order valence-corrected chi connectivity index (χ4v) is 1.85. The molecule has 0 aliphatic carbocycles. The second kappa shape index (κ2) is 4.95. The maximum atomic E-state index is 5.93. The van der Waals surface area contributed by atoms with E-state index in [-0.39, 0.29) is 0 Å². The first-order chi connectivity index (χ1) is 8.16. The lowest BCUT2D eigenvalue weighted by Gasteiger charge is -2.20. The minimum Gasteiger partial charge on any atom is -0.466 e. The Morgan fingerprint density at radius 2 is 1.94 bits per heavy atom. The number of para-hydroxylation sites is 2. The topological polar surface area (TPSA) is 42.4 Å². The molecule has 2 N–H and O–H groups in total. The summed E-state index contributed by atoms with van der Waals surface area (Å²) in [6.07, 6.45) is 0.888. The summed E-state index contributed by atoms with van der Waals surface area (Å²) in [7, 11) is 2.04. The quantitative estimate of drug-likeness (QED) is 0.821. The van der Waals surface area contributed by atoms with E-state index in [1.807, 2.05) is 50.4 Å². The van der Waals surface area contributed by atoms with E-state index in [4.69, 9.17) is 10.2 Å². The zero-order valence-corrected chi connectivity index (χ0v) is 10.3. The van der Waals surface area contributed by atoms with E-state index in [9.17, 15) is 0 Å². The normalized spacial score (nSPS) is 10.5. The van der Waals surface area contributed by atoms with E-state index >= 15 is 0 Å². The Balaban J connectivity index is 1.98. The molecule has 0 fully saturated rings. The average molecular weight is 230 g/mol. The van der Waals surface area contributed by atoms with Crippen LogP contribution in [0.15, 0.2) is 40.8 Å². The van der Waals surface area contributed by atoms with Gasteiger partial charge in [-0.2, -0.15) is 0 Å². The van der Waals surface area contributed by atoms with Crippen molar-refractivity contribution in [1.29, 1.82) is 0 Å². The maximum Gasteiger partial charge on any atom is 0.105 e. The first-order valence-electron chi connectivity index (χ1n) is 5.78. The van der Waals surface area contributed by atoms with Crippen LogP contribution >= 0.6 is 0 Å². The van der Waals surface area contributed by atoms with Crippen LogP contribution < -0.4 is 10.6 Å². The molecule has 0 saturated carbocycles. The highest BCUT2D eigenvalue weighted by Gasteiger charge is 2.05. The Kier molecular flexibility index (Phi) is 3.38. The van der Waals surface area contributed by atoms with Crippen molar-refractivity contribution in [3.8, 4) is 0 Å². The predicted molar refractivity (Wildman–Crippen MR) is 71.3 cm³/mol. The number of anilines is 2. The molecule has 0 atom stereocenters. The lowest BCUT2D eigenvalue weighted by atomic mass is 10.2. The summed E-state index contributed by atoms with van der Waals surface area (Å²) in [6, 6.07) is 11.9. The van der Waals surface area contributed by atoms with Gasteiger partial charge in [0, 0.05) is 20.0 Å². The van der Waals surface area contributed by atoms with Gasteiger partial charge in [-0.15, -0.1) is 0 Å². The Hall–Kier alpha value is -1.90.